The van der Waals surface area contributed by atoms with Crippen LogP contribution in [0.3, 0.4) is 0 Å². The number of hydrogen-bond acceptors (Lipinski definition) is 6. The number of rotatable bonds is 5. The Balaban J connectivity index is 1.52. The van der Waals surface area contributed by atoms with Crippen LogP contribution in [0.2, 0.25) is 0 Å². The first-order valence-corrected chi connectivity index (χ1v) is 9.12. The molecule has 3 aromatic rings. The fourth-order valence-electron chi connectivity index (χ4n) is 3.21. The molecule has 0 aliphatic carbocycles. The molecule has 0 unspecified atom stereocenters. The molecule has 0 spiro atoms. The first-order chi connectivity index (χ1) is 12.2. The fraction of sp³-hybridized carbons (Fsp3) is 0.353. The molecule has 0 bridgehead atoms. The van der Waals surface area contributed by atoms with Gasteiger partial charge in [0.05, 0.1) is 12.3 Å². The molecule has 1 aliphatic heterocycles. The zero-order valence-electron chi connectivity index (χ0n) is 13.6. The fourth-order valence-corrected chi connectivity index (χ4v) is 3.88. The molecule has 1 fully saturated rings. The Morgan fingerprint density at radius 2 is 2.24 bits per heavy atom. The lowest BCUT2D eigenvalue weighted by Crippen LogP contribution is -2.38. The summed E-state index contributed by atoms with van der Waals surface area (Å²) in [6.45, 7) is 2.34. The maximum absolute atomic E-state index is 12.5. The Labute approximate surface area is 147 Å². The minimum absolute atomic E-state index is 0.0259. The lowest BCUT2D eigenvalue weighted by atomic mass is 10.2. The minimum atomic E-state index is -0.408. The van der Waals surface area contributed by atoms with Crippen LogP contribution in [0.1, 0.15) is 35.0 Å². The molecule has 130 valence electrons. The van der Waals surface area contributed by atoms with Gasteiger partial charge >= 0.3 is 0 Å². The van der Waals surface area contributed by atoms with E-state index in [9.17, 15) is 9.59 Å². The number of thiazole rings is 1. The lowest BCUT2D eigenvalue weighted by molar-refractivity contribution is 0.0931. The van der Waals surface area contributed by atoms with E-state index in [0.29, 0.717) is 11.5 Å². The van der Waals surface area contributed by atoms with Crippen molar-refractivity contribution in [1.82, 2.24) is 19.6 Å². The van der Waals surface area contributed by atoms with E-state index in [4.69, 9.17) is 4.42 Å². The summed E-state index contributed by atoms with van der Waals surface area (Å²) >= 11 is 1.36. The van der Waals surface area contributed by atoms with Crippen molar-refractivity contribution in [3.8, 4) is 0 Å². The maximum Gasteiger partial charge on any atom is 0.271 e. The van der Waals surface area contributed by atoms with Gasteiger partial charge in [0.25, 0.3) is 11.5 Å². The normalized spacial score (nSPS) is 16.3. The van der Waals surface area contributed by atoms with Crippen molar-refractivity contribution >= 4 is 22.2 Å². The van der Waals surface area contributed by atoms with Gasteiger partial charge in [0.2, 0.25) is 0 Å². The molecule has 4 heterocycles. The monoisotopic (exact) mass is 358 g/mol. The Morgan fingerprint density at radius 1 is 1.40 bits per heavy atom. The first-order valence-electron chi connectivity index (χ1n) is 8.24. The molecule has 0 saturated carbocycles. The van der Waals surface area contributed by atoms with E-state index in [0.717, 1.165) is 31.7 Å². The molecular weight excluding hydrogens is 340 g/mol. The van der Waals surface area contributed by atoms with E-state index in [1.807, 2.05) is 12.1 Å². The summed E-state index contributed by atoms with van der Waals surface area (Å²) in [7, 11) is 0. The second-order valence-electron chi connectivity index (χ2n) is 6.02. The van der Waals surface area contributed by atoms with Gasteiger partial charge in [0.15, 0.2) is 4.96 Å². The molecule has 1 aliphatic rings. The zero-order valence-corrected chi connectivity index (χ0v) is 14.4. The number of nitrogens with one attached hydrogen (secondary N) is 1. The molecular formula is C17H18N4O3S. The van der Waals surface area contributed by atoms with Crippen LogP contribution in [0.4, 0.5) is 0 Å². The molecule has 1 atom stereocenters. The van der Waals surface area contributed by atoms with Gasteiger partial charge in [-0.2, -0.15) is 0 Å². The Bertz CT molecular complexity index is 925. The highest BCUT2D eigenvalue weighted by Gasteiger charge is 2.26. The molecule has 4 rings (SSSR count). The summed E-state index contributed by atoms with van der Waals surface area (Å²) in [6.07, 6.45) is 6.90. The number of amides is 1. The third-order valence-corrected chi connectivity index (χ3v) is 5.27. The molecule has 25 heavy (non-hydrogen) atoms. The van der Waals surface area contributed by atoms with Crippen LogP contribution in [-0.4, -0.2) is 39.8 Å². The third-order valence-electron chi connectivity index (χ3n) is 4.50. The van der Waals surface area contributed by atoms with Crippen molar-refractivity contribution in [3.63, 3.8) is 0 Å². The van der Waals surface area contributed by atoms with Crippen LogP contribution in [0, 0.1) is 0 Å². The van der Waals surface area contributed by atoms with Gasteiger partial charge in [-0.1, -0.05) is 0 Å². The van der Waals surface area contributed by atoms with Crippen LogP contribution in [0.5, 0.6) is 0 Å². The average molecular weight is 358 g/mol. The largest absolute Gasteiger partial charge is 0.468 e. The van der Waals surface area contributed by atoms with Crippen LogP contribution < -0.4 is 10.9 Å². The van der Waals surface area contributed by atoms with Gasteiger partial charge in [-0.05, 0) is 38.1 Å². The molecule has 8 heteroatoms. The average Bonchev–Trinajstić information content (AvgIpc) is 3.37. The Kier molecular flexibility index (Phi) is 4.37. The number of nitrogens with zero attached hydrogens (tertiary/aromatic N) is 3. The molecule has 1 saturated heterocycles. The lowest BCUT2D eigenvalue weighted by Gasteiger charge is -2.25. The van der Waals surface area contributed by atoms with Crippen molar-refractivity contribution in [3.05, 3.63) is 57.8 Å². The predicted octanol–water partition coefficient (Wildman–Crippen LogP) is 1.92. The van der Waals surface area contributed by atoms with Crippen LogP contribution in [0.25, 0.3) is 4.96 Å². The second kappa shape index (κ2) is 6.81. The second-order valence-corrected chi connectivity index (χ2v) is 6.89. The summed E-state index contributed by atoms with van der Waals surface area (Å²) in [5, 5.41) is 4.64. The van der Waals surface area contributed by atoms with Gasteiger partial charge in [0, 0.05) is 24.3 Å². The SMILES string of the molecule is O=C(NC[C@@H](c1ccco1)N1CCCC1)c1cnc2sccn2c1=O. The van der Waals surface area contributed by atoms with Crippen LogP contribution >= 0.6 is 11.3 Å². The van der Waals surface area contributed by atoms with E-state index in [2.05, 4.69) is 15.2 Å². The predicted molar refractivity (Wildman–Crippen MR) is 93.9 cm³/mol. The van der Waals surface area contributed by atoms with Gasteiger partial charge < -0.3 is 9.73 Å². The zero-order chi connectivity index (χ0) is 17.2. The number of furan rings is 1. The van der Waals surface area contributed by atoms with Crippen molar-refractivity contribution in [2.45, 2.75) is 18.9 Å². The van der Waals surface area contributed by atoms with Gasteiger partial charge in [-0.3, -0.25) is 18.9 Å². The number of carbonyl (C=O) groups excluding carboxylic acids is 1. The van der Waals surface area contributed by atoms with E-state index in [1.165, 1.54) is 21.9 Å². The molecule has 0 aromatic carbocycles. The van der Waals surface area contributed by atoms with Crippen molar-refractivity contribution in [1.29, 1.82) is 0 Å². The number of hydrogen-bond donors (Lipinski definition) is 1. The minimum Gasteiger partial charge on any atom is -0.468 e. The van der Waals surface area contributed by atoms with Crippen molar-refractivity contribution in [2.24, 2.45) is 0 Å². The summed E-state index contributed by atoms with van der Waals surface area (Å²) < 4.78 is 6.94. The number of aromatic nitrogens is 2. The summed E-state index contributed by atoms with van der Waals surface area (Å²) in [5.74, 6) is 0.416. The highest BCUT2D eigenvalue weighted by Crippen LogP contribution is 2.24. The van der Waals surface area contributed by atoms with E-state index < -0.39 is 5.91 Å². The maximum atomic E-state index is 12.5. The number of fused-ring (bicyclic) bond motifs is 1. The van der Waals surface area contributed by atoms with Crippen LogP contribution in [0.15, 0.2) is 45.4 Å². The summed E-state index contributed by atoms with van der Waals surface area (Å²) in [6, 6.07) is 3.74. The standard InChI is InChI=1S/C17H18N4O3S/c22-15(12-10-19-17-21(16(12)23)7-9-25-17)18-11-13(14-4-3-8-24-14)20-5-1-2-6-20/h3-4,7-10,13H,1-2,5-6,11H2,(H,18,22)/t13-/m0/s1. The third kappa shape index (κ3) is 3.10. The number of likely N-dealkylation sites (tertiary alicyclic amines) is 1. The molecule has 1 amide bonds. The molecule has 1 N–H and O–H groups in total. The molecule has 7 nitrogen and oxygen atoms in total. The summed E-state index contributed by atoms with van der Waals surface area (Å²) in [5.41, 5.74) is -0.296. The van der Waals surface area contributed by atoms with Gasteiger partial charge in [-0.15, -0.1) is 11.3 Å². The number of carbonyl (C=O) groups is 1. The Hall–Kier alpha value is -2.45. The van der Waals surface area contributed by atoms with Crippen LogP contribution in [-0.2, 0) is 0 Å². The van der Waals surface area contributed by atoms with E-state index >= 15 is 0 Å². The molecule has 0 radical (unpaired) electrons. The molecule has 3 aromatic heterocycles. The highest BCUT2D eigenvalue weighted by molar-refractivity contribution is 7.15. The highest BCUT2D eigenvalue weighted by atomic mass is 32.1. The van der Waals surface area contributed by atoms with Crippen molar-refractivity contribution in [2.75, 3.05) is 19.6 Å². The smallest absolute Gasteiger partial charge is 0.271 e. The van der Waals surface area contributed by atoms with Crippen molar-refractivity contribution < 1.29 is 9.21 Å². The van der Waals surface area contributed by atoms with E-state index in [1.54, 1.807) is 17.8 Å². The Morgan fingerprint density at radius 3 is 3.00 bits per heavy atom. The topological polar surface area (TPSA) is 79.8 Å². The first kappa shape index (κ1) is 16.0. The van der Waals surface area contributed by atoms with Gasteiger partial charge in [-0.25, -0.2) is 4.98 Å². The summed E-state index contributed by atoms with van der Waals surface area (Å²) in [4.78, 5) is 32.0. The van der Waals surface area contributed by atoms with Gasteiger partial charge in [0.1, 0.15) is 11.3 Å². The van der Waals surface area contributed by atoms with E-state index in [-0.39, 0.29) is 17.2 Å². The quantitative estimate of drug-likeness (QED) is 0.754.